The maximum absolute atomic E-state index is 13.5. The van der Waals surface area contributed by atoms with Crippen molar-refractivity contribution in [2.24, 2.45) is 0 Å². The number of thioether (sulfide) groups is 1. The first-order valence-corrected chi connectivity index (χ1v) is 10.2. The maximum atomic E-state index is 13.5. The number of hydrogen-bond acceptors (Lipinski definition) is 5. The van der Waals surface area contributed by atoms with Gasteiger partial charge in [-0.05, 0) is 24.6 Å². The Morgan fingerprint density at radius 1 is 1.16 bits per heavy atom. The number of rotatable bonds is 6. The summed E-state index contributed by atoms with van der Waals surface area (Å²) in [5, 5.41) is 3.13. The van der Waals surface area contributed by atoms with Crippen LogP contribution in [0, 0.1) is 0 Å². The monoisotopic (exact) mass is 445 g/mol. The second kappa shape index (κ2) is 7.99. The van der Waals surface area contributed by atoms with Crippen LogP contribution in [0.2, 0.25) is 0 Å². The Morgan fingerprint density at radius 3 is 2.55 bits per heavy atom. The van der Waals surface area contributed by atoms with Crippen molar-refractivity contribution in [3.05, 3.63) is 60.2 Å². The van der Waals surface area contributed by atoms with E-state index in [1.807, 2.05) is 0 Å². The number of imidazole rings is 1. The average Bonchev–Trinajstić information content (AvgIpc) is 3.24. The molecule has 160 valence electrons. The minimum absolute atomic E-state index is 0.0438. The maximum Gasteiger partial charge on any atom is 0.344 e. The van der Waals surface area contributed by atoms with Crippen LogP contribution < -0.4 is 10.7 Å². The molecule has 11 heteroatoms. The number of carbonyl (C=O) groups is 3. The molecule has 1 atom stereocenters. The Balaban J connectivity index is 1.46. The molecule has 31 heavy (non-hydrogen) atoms. The minimum Gasteiger partial charge on any atom is -0.318 e. The van der Waals surface area contributed by atoms with Crippen LogP contribution in [0.5, 0.6) is 0 Å². The highest BCUT2D eigenvalue weighted by Crippen LogP contribution is 2.30. The number of carbonyl (C=O) groups excluding carboxylic acids is 3. The van der Waals surface area contributed by atoms with E-state index in [1.54, 1.807) is 48.5 Å². The van der Waals surface area contributed by atoms with Crippen molar-refractivity contribution in [3.63, 3.8) is 0 Å². The van der Waals surface area contributed by atoms with Crippen LogP contribution >= 0.6 is 11.8 Å². The summed E-state index contributed by atoms with van der Waals surface area (Å²) in [5.74, 6) is -1.68. The summed E-state index contributed by atoms with van der Waals surface area (Å²) in [6, 6.07) is 14.2. The molecule has 2 heterocycles. The first kappa shape index (κ1) is 20.8. The summed E-state index contributed by atoms with van der Waals surface area (Å²) in [7, 11) is 0. The normalized spacial score (nSPS) is 18.6. The van der Waals surface area contributed by atoms with Gasteiger partial charge in [0.2, 0.25) is 5.91 Å². The molecule has 2 N–H and O–H groups in total. The number of hydrogen-bond donors (Lipinski definition) is 2. The van der Waals surface area contributed by atoms with Crippen molar-refractivity contribution in [3.8, 4) is 0 Å². The summed E-state index contributed by atoms with van der Waals surface area (Å²) >= 11 is 0.781. The summed E-state index contributed by atoms with van der Waals surface area (Å²) < 4.78 is 27.7. The van der Waals surface area contributed by atoms with Crippen LogP contribution in [0.15, 0.2) is 59.8 Å². The van der Waals surface area contributed by atoms with E-state index in [0.29, 0.717) is 16.1 Å². The van der Waals surface area contributed by atoms with E-state index in [9.17, 15) is 23.2 Å². The zero-order valence-electron chi connectivity index (χ0n) is 16.2. The van der Waals surface area contributed by atoms with E-state index in [2.05, 4.69) is 15.7 Å². The van der Waals surface area contributed by atoms with Gasteiger partial charge >= 0.3 is 12.6 Å². The number of halogens is 2. The zero-order chi connectivity index (χ0) is 22.2. The van der Waals surface area contributed by atoms with E-state index in [0.717, 1.165) is 16.3 Å². The fourth-order valence-electron chi connectivity index (χ4n) is 3.31. The molecule has 0 bridgehead atoms. The van der Waals surface area contributed by atoms with Gasteiger partial charge in [0.1, 0.15) is 5.54 Å². The number of nitrogens with one attached hydrogen (secondary N) is 2. The standard InChI is InChI=1S/C20H17F2N5O3S/c1-20(12-7-3-2-4-8-12)16(29)27(18(30)24-20)25-15(28)11-31-19-23-13-9-5-6-10-14(13)26(19)17(21)22/h2-10,17H,11H2,1H3,(H,24,30)(H,25,28). The van der Waals surface area contributed by atoms with Crippen LogP contribution in [-0.4, -0.2) is 38.2 Å². The quantitative estimate of drug-likeness (QED) is 0.449. The molecule has 2 aromatic carbocycles. The number of aromatic nitrogens is 2. The summed E-state index contributed by atoms with van der Waals surface area (Å²) in [4.78, 5) is 41.6. The number of fused-ring (bicyclic) bond motifs is 1. The lowest BCUT2D eigenvalue weighted by Gasteiger charge is -2.22. The molecule has 1 aliphatic heterocycles. The van der Waals surface area contributed by atoms with Gasteiger partial charge in [-0.15, -0.1) is 0 Å². The third kappa shape index (κ3) is 3.72. The number of imide groups is 1. The van der Waals surface area contributed by atoms with Gasteiger partial charge in [0.25, 0.3) is 5.91 Å². The number of hydrazine groups is 1. The highest BCUT2D eigenvalue weighted by atomic mass is 32.2. The second-order valence-corrected chi connectivity index (χ2v) is 7.86. The van der Waals surface area contributed by atoms with Crippen LogP contribution in [0.25, 0.3) is 11.0 Å². The fraction of sp³-hybridized carbons (Fsp3) is 0.200. The molecular weight excluding hydrogens is 428 g/mol. The fourth-order valence-corrected chi connectivity index (χ4v) is 4.11. The van der Waals surface area contributed by atoms with Gasteiger partial charge in [-0.1, -0.05) is 54.2 Å². The first-order chi connectivity index (χ1) is 14.8. The SMILES string of the molecule is CC1(c2ccccc2)NC(=O)N(NC(=O)CSc2nc3ccccc3n2C(F)F)C1=O. The zero-order valence-corrected chi connectivity index (χ0v) is 17.0. The van der Waals surface area contributed by atoms with Crippen LogP contribution in [0.4, 0.5) is 13.6 Å². The van der Waals surface area contributed by atoms with E-state index < -0.39 is 29.9 Å². The van der Waals surface area contributed by atoms with E-state index in [-0.39, 0.29) is 16.4 Å². The second-order valence-electron chi connectivity index (χ2n) is 6.92. The van der Waals surface area contributed by atoms with Gasteiger partial charge in [-0.25, -0.2) is 9.78 Å². The van der Waals surface area contributed by atoms with Crippen LogP contribution in [0.3, 0.4) is 0 Å². The van der Waals surface area contributed by atoms with Crippen LogP contribution in [-0.2, 0) is 15.1 Å². The molecule has 1 fully saturated rings. The summed E-state index contributed by atoms with van der Waals surface area (Å²) in [5.41, 5.74) is 2.09. The molecule has 1 saturated heterocycles. The highest BCUT2D eigenvalue weighted by Gasteiger charge is 2.49. The van der Waals surface area contributed by atoms with Crippen molar-refractivity contribution in [1.82, 2.24) is 25.3 Å². The third-order valence-corrected chi connectivity index (χ3v) is 5.82. The molecule has 0 radical (unpaired) electrons. The Morgan fingerprint density at radius 2 is 1.84 bits per heavy atom. The average molecular weight is 445 g/mol. The number of benzene rings is 2. The van der Waals surface area contributed by atoms with Gasteiger partial charge in [-0.3, -0.25) is 19.6 Å². The first-order valence-electron chi connectivity index (χ1n) is 9.21. The minimum atomic E-state index is -2.84. The van der Waals surface area contributed by atoms with E-state index in [4.69, 9.17) is 0 Å². The van der Waals surface area contributed by atoms with Gasteiger partial charge in [-0.2, -0.15) is 13.8 Å². The predicted molar refractivity (Wildman–Crippen MR) is 109 cm³/mol. The molecule has 0 spiro atoms. The van der Waals surface area contributed by atoms with Crippen molar-refractivity contribution in [1.29, 1.82) is 0 Å². The predicted octanol–water partition coefficient (Wildman–Crippen LogP) is 3.02. The van der Waals surface area contributed by atoms with Crippen molar-refractivity contribution in [2.75, 3.05) is 5.75 Å². The number of alkyl halides is 2. The van der Waals surface area contributed by atoms with Gasteiger partial charge in [0.15, 0.2) is 5.16 Å². The lowest BCUT2D eigenvalue weighted by molar-refractivity contribution is -0.138. The smallest absolute Gasteiger partial charge is 0.318 e. The van der Waals surface area contributed by atoms with E-state index in [1.165, 1.54) is 13.0 Å². The number of nitrogens with zero attached hydrogens (tertiary/aromatic N) is 3. The molecule has 4 rings (SSSR count). The molecule has 0 saturated carbocycles. The van der Waals surface area contributed by atoms with Gasteiger partial charge in [0.05, 0.1) is 16.8 Å². The van der Waals surface area contributed by atoms with Gasteiger partial charge < -0.3 is 5.32 Å². The topological polar surface area (TPSA) is 96.3 Å². The number of amides is 4. The molecule has 4 amide bonds. The molecular formula is C20H17F2N5O3S. The van der Waals surface area contributed by atoms with Crippen molar-refractivity contribution in [2.45, 2.75) is 24.2 Å². The Bertz CT molecular complexity index is 1170. The van der Waals surface area contributed by atoms with E-state index >= 15 is 0 Å². The Kier molecular flexibility index (Phi) is 5.36. The summed E-state index contributed by atoms with van der Waals surface area (Å²) in [6.07, 6.45) is 0. The molecule has 1 aromatic heterocycles. The lowest BCUT2D eigenvalue weighted by atomic mass is 9.92. The lowest BCUT2D eigenvalue weighted by Crippen LogP contribution is -2.48. The Labute approximate surface area is 179 Å². The van der Waals surface area contributed by atoms with Crippen molar-refractivity contribution >= 4 is 40.6 Å². The largest absolute Gasteiger partial charge is 0.344 e. The Hall–Kier alpha value is -3.47. The molecule has 3 aromatic rings. The molecule has 0 aliphatic carbocycles. The highest BCUT2D eigenvalue weighted by molar-refractivity contribution is 7.99. The summed E-state index contributed by atoms with van der Waals surface area (Å²) in [6.45, 7) is -1.30. The molecule has 8 nitrogen and oxygen atoms in total. The van der Waals surface area contributed by atoms with Gasteiger partial charge in [0, 0.05) is 0 Å². The molecule has 1 aliphatic rings. The number of urea groups is 1. The number of para-hydroxylation sites is 2. The molecule has 1 unspecified atom stereocenters. The van der Waals surface area contributed by atoms with Crippen LogP contribution in [0.1, 0.15) is 19.0 Å². The third-order valence-electron chi connectivity index (χ3n) is 4.87. The van der Waals surface area contributed by atoms with Crippen molar-refractivity contribution < 1.29 is 23.2 Å².